The average Bonchev–Trinajstić information content (AvgIpc) is 2.16. The first kappa shape index (κ1) is 13.5. The summed E-state index contributed by atoms with van der Waals surface area (Å²) in [5, 5.41) is 11.2. The van der Waals surface area contributed by atoms with Crippen molar-refractivity contribution >= 4 is 11.9 Å². The molecule has 0 bridgehead atoms. The van der Waals surface area contributed by atoms with Crippen LogP contribution in [0.15, 0.2) is 0 Å². The second kappa shape index (κ2) is 6.04. The Hall–Kier alpha value is -1.54. The summed E-state index contributed by atoms with van der Waals surface area (Å²) < 4.78 is 0. The Kier molecular flexibility index (Phi) is 5.42. The lowest BCUT2D eigenvalue weighted by atomic mass is 10.0. The summed E-state index contributed by atoms with van der Waals surface area (Å²) in [5.41, 5.74) is 5.45. The van der Waals surface area contributed by atoms with E-state index in [0.29, 0.717) is 0 Å². The minimum absolute atomic E-state index is 0.139. The van der Waals surface area contributed by atoms with Crippen molar-refractivity contribution in [3.63, 3.8) is 0 Å². The van der Waals surface area contributed by atoms with Crippen molar-refractivity contribution in [1.29, 1.82) is 0 Å². The van der Waals surface area contributed by atoms with Gasteiger partial charge in [0.2, 0.25) is 5.91 Å². The van der Waals surface area contributed by atoms with Gasteiger partial charge in [-0.2, -0.15) is 0 Å². The van der Waals surface area contributed by atoms with Gasteiger partial charge in [0.1, 0.15) is 0 Å². The Morgan fingerprint density at radius 1 is 1.53 bits per heavy atom. The van der Waals surface area contributed by atoms with Gasteiger partial charge in [-0.25, -0.2) is 0 Å². The van der Waals surface area contributed by atoms with Crippen molar-refractivity contribution in [2.45, 2.75) is 32.4 Å². The third kappa shape index (κ3) is 4.47. The van der Waals surface area contributed by atoms with Gasteiger partial charge in [-0.05, 0) is 13.8 Å². The number of amides is 1. The van der Waals surface area contributed by atoms with Gasteiger partial charge in [0.25, 0.3) is 0 Å². The molecule has 5 nitrogen and oxygen atoms in total. The second-order valence-corrected chi connectivity index (χ2v) is 3.44. The van der Waals surface area contributed by atoms with Crippen LogP contribution in [0.2, 0.25) is 0 Å². The Morgan fingerprint density at radius 2 is 2.07 bits per heavy atom. The van der Waals surface area contributed by atoms with Gasteiger partial charge in [0.15, 0.2) is 0 Å². The molecule has 0 aromatic carbocycles. The minimum atomic E-state index is -0.965. The maximum atomic E-state index is 11.3. The average molecular weight is 212 g/mol. The number of hydrogen-bond acceptors (Lipinski definition) is 3. The van der Waals surface area contributed by atoms with Crippen LogP contribution in [0.5, 0.6) is 0 Å². The van der Waals surface area contributed by atoms with Crippen molar-refractivity contribution in [3.8, 4) is 12.3 Å². The fourth-order valence-electron chi connectivity index (χ4n) is 0.890. The molecule has 0 aliphatic heterocycles. The van der Waals surface area contributed by atoms with E-state index < -0.39 is 29.9 Å². The molecule has 0 radical (unpaired) electrons. The Bertz CT molecular complexity index is 283. The van der Waals surface area contributed by atoms with Crippen LogP contribution in [-0.2, 0) is 9.59 Å². The molecular formula is C10H16N2O3. The van der Waals surface area contributed by atoms with E-state index in [1.165, 1.54) is 6.92 Å². The van der Waals surface area contributed by atoms with Crippen molar-refractivity contribution in [1.82, 2.24) is 5.32 Å². The van der Waals surface area contributed by atoms with Gasteiger partial charge in [0.05, 0.1) is 12.0 Å². The van der Waals surface area contributed by atoms with Gasteiger partial charge in [-0.15, -0.1) is 12.3 Å². The van der Waals surface area contributed by atoms with Gasteiger partial charge < -0.3 is 16.2 Å². The molecule has 1 amide bonds. The van der Waals surface area contributed by atoms with E-state index in [-0.39, 0.29) is 6.42 Å². The summed E-state index contributed by atoms with van der Waals surface area (Å²) >= 11 is 0. The van der Waals surface area contributed by atoms with E-state index in [1.54, 1.807) is 6.92 Å². The number of hydrogen-bond donors (Lipinski definition) is 3. The summed E-state index contributed by atoms with van der Waals surface area (Å²) in [6.45, 7) is 3.12. The summed E-state index contributed by atoms with van der Waals surface area (Å²) in [4.78, 5) is 21.9. The van der Waals surface area contributed by atoms with Crippen LogP contribution in [0.4, 0.5) is 0 Å². The third-order valence-electron chi connectivity index (χ3n) is 2.18. The van der Waals surface area contributed by atoms with Crippen LogP contribution < -0.4 is 11.1 Å². The Labute approximate surface area is 89.0 Å². The molecule has 0 fully saturated rings. The largest absolute Gasteiger partial charge is 0.481 e. The monoisotopic (exact) mass is 212 g/mol. The predicted octanol–water partition coefficient (Wildman–Crippen LogP) is -0.438. The molecule has 4 N–H and O–H groups in total. The van der Waals surface area contributed by atoms with Crippen molar-refractivity contribution in [3.05, 3.63) is 0 Å². The zero-order valence-corrected chi connectivity index (χ0v) is 8.86. The first-order valence-corrected chi connectivity index (χ1v) is 4.62. The van der Waals surface area contributed by atoms with Crippen LogP contribution in [-0.4, -0.2) is 29.1 Å². The van der Waals surface area contributed by atoms with Gasteiger partial charge in [0, 0.05) is 12.5 Å². The van der Waals surface area contributed by atoms with E-state index in [0.717, 1.165) is 0 Å². The SMILES string of the molecule is C#CCC(N)C(=O)NC(C)C(C)C(=O)O. The number of terminal acetylenes is 1. The molecule has 0 saturated heterocycles. The van der Waals surface area contributed by atoms with Crippen LogP contribution in [0.3, 0.4) is 0 Å². The second-order valence-electron chi connectivity index (χ2n) is 3.44. The van der Waals surface area contributed by atoms with Crippen LogP contribution >= 0.6 is 0 Å². The van der Waals surface area contributed by atoms with Gasteiger partial charge in [-0.3, -0.25) is 9.59 Å². The van der Waals surface area contributed by atoms with Gasteiger partial charge in [-0.1, -0.05) is 0 Å². The molecule has 15 heavy (non-hydrogen) atoms. The van der Waals surface area contributed by atoms with Crippen molar-refractivity contribution in [2.24, 2.45) is 11.7 Å². The quantitative estimate of drug-likeness (QED) is 0.539. The predicted molar refractivity (Wildman–Crippen MR) is 55.8 cm³/mol. The number of carboxylic acid groups (broad SMARTS) is 1. The lowest BCUT2D eigenvalue weighted by Crippen LogP contribution is -2.47. The minimum Gasteiger partial charge on any atom is -0.481 e. The molecule has 3 atom stereocenters. The maximum Gasteiger partial charge on any atom is 0.308 e. The van der Waals surface area contributed by atoms with Gasteiger partial charge >= 0.3 is 5.97 Å². The lowest BCUT2D eigenvalue weighted by molar-refractivity contribution is -0.142. The molecule has 0 aromatic heterocycles. The third-order valence-corrected chi connectivity index (χ3v) is 2.18. The van der Waals surface area contributed by atoms with E-state index >= 15 is 0 Å². The molecule has 0 heterocycles. The van der Waals surface area contributed by atoms with Crippen LogP contribution in [0, 0.1) is 18.3 Å². The number of nitrogens with two attached hydrogens (primary N) is 1. The van der Waals surface area contributed by atoms with E-state index in [9.17, 15) is 9.59 Å². The highest BCUT2D eigenvalue weighted by molar-refractivity contribution is 5.82. The molecule has 0 aliphatic carbocycles. The number of nitrogens with one attached hydrogen (secondary N) is 1. The molecular weight excluding hydrogens is 196 g/mol. The normalized spacial score (nSPS) is 15.9. The molecule has 0 saturated carbocycles. The van der Waals surface area contributed by atoms with E-state index in [4.69, 9.17) is 17.3 Å². The highest BCUT2D eigenvalue weighted by Crippen LogP contribution is 2.02. The number of carbonyl (C=O) groups excluding carboxylic acids is 1. The summed E-state index contributed by atoms with van der Waals surface area (Å²) in [5.74, 6) is 0.224. The Balaban J connectivity index is 4.18. The highest BCUT2D eigenvalue weighted by Gasteiger charge is 2.22. The highest BCUT2D eigenvalue weighted by atomic mass is 16.4. The fourth-order valence-corrected chi connectivity index (χ4v) is 0.890. The summed E-state index contributed by atoms with van der Waals surface area (Å²) in [6, 6.07) is -1.25. The van der Waals surface area contributed by atoms with Crippen LogP contribution in [0.25, 0.3) is 0 Å². The number of rotatable bonds is 5. The van der Waals surface area contributed by atoms with Crippen LogP contribution in [0.1, 0.15) is 20.3 Å². The first-order valence-electron chi connectivity index (χ1n) is 4.62. The van der Waals surface area contributed by atoms with Crippen molar-refractivity contribution in [2.75, 3.05) is 0 Å². The molecule has 0 aliphatic rings. The molecule has 3 unspecified atom stereocenters. The Morgan fingerprint density at radius 3 is 2.47 bits per heavy atom. The van der Waals surface area contributed by atoms with Crippen molar-refractivity contribution < 1.29 is 14.7 Å². The number of carbonyl (C=O) groups is 2. The smallest absolute Gasteiger partial charge is 0.308 e. The van der Waals surface area contributed by atoms with E-state index in [1.807, 2.05) is 0 Å². The molecule has 5 heteroatoms. The molecule has 0 rings (SSSR count). The first-order chi connectivity index (χ1) is 6.90. The lowest BCUT2D eigenvalue weighted by Gasteiger charge is -2.19. The zero-order valence-electron chi connectivity index (χ0n) is 8.86. The topological polar surface area (TPSA) is 92.4 Å². The molecule has 0 aromatic rings. The number of aliphatic carboxylic acids is 1. The number of carboxylic acids is 1. The summed E-state index contributed by atoms with van der Waals surface area (Å²) in [7, 11) is 0. The zero-order chi connectivity index (χ0) is 12.0. The standard InChI is InChI=1S/C10H16N2O3/c1-4-5-8(11)9(13)12-7(3)6(2)10(14)15/h1,6-8H,5,11H2,2-3H3,(H,12,13)(H,14,15). The summed E-state index contributed by atoms with van der Waals surface area (Å²) in [6.07, 6.45) is 5.14. The maximum absolute atomic E-state index is 11.3. The molecule has 84 valence electrons. The fraction of sp³-hybridized carbons (Fsp3) is 0.600. The van der Waals surface area contributed by atoms with E-state index in [2.05, 4.69) is 11.2 Å². The molecule has 0 spiro atoms.